The summed E-state index contributed by atoms with van der Waals surface area (Å²) in [6.45, 7) is 0.140. The second-order valence-corrected chi connectivity index (χ2v) is 4.07. The van der Waals surface area contributed by atoms with Crippen molar-refractivity contribution in [2.45, 2.75) is 6.61 Å². The monoisotopic (exact) mass is 276 g/mol. The third kappa shape index (κ3) is 2.88. The summed E-state index contributed by atoms with van der Waals surface area (Å²) in [6, 6.07) is 9.72. The number of ether oxygens (including phenoxy) is 2. The molecule has 2 aromatic carbocycles. The number of phenols is 1. The fourth-order valence-corrected chi connectivity index (χ4v) is 1.65. The highest BCUT2D eigenvalue weighted by Gasteiger charge is 2.13. The zero-order valence-corrected chi connectivity index (χ0v) is 10.8. The topological polar surface area (TPSA) is 55.8 Å². The smallest absolute Gasteiger partial charge is 0.207 e. The van der Waals surface area contributed by atoms with E-state index in [9.17, 15) is 14.3 Å². The molecule has 2 aromatic rings. The Hall–Kier alpha value is -2.56. The molecular formula is C15H13FO4. The fraction of sp³-hybridized carbons (Fsp3) is 0.133. The van der Waals surface area contributed by atoms with Crippen molar-refractivity contribution in [3.05, 3.63) is 53.3 Å². The van der Waals surface area contributed by atoms with E-state index >= 15 is 0 Å². The van der Waals surface area contributed by atoms with E-state index in [4.69, 9.17) is 9.47 Å². The third-order valence-corrected chi connectivity index (χ3v) is 2.79. The average molecular weight is 276 g/mol. The number of aldehydes is 1. The molecule has 4 nitrogen and oxygen atoms in total. The molecule has 0 radical (unpaired) electrons. The molecule has 0 bridgehead atoms. The predicted molar refractivity (Wildman–Crippen MR) is 70.8 cm³/mol. The summed E-state index contributed by atoms with van der Waals surface area (Å²) >= 11 is 0. The maximum atomic E-state index is 13.7. The van der Waals surface area contributed by atoms with Crippen LogP contribution in [-0.2, 0) is 6.61 Å². The maximum Gasteiger partial charge on any atom is 0.207 e. The second-order valence-electron chi connectivity index (χ2n) is 4.07. The Balaban J connectivity index is 2.10. The Kier molecular flexibility index (Phi) is 4.20. The molecule has 20 heavy (non-hydrogen) atoms. The minimum absolute atomic E-state index is 0.107. The van der Waals surface area contributed by atoms with Crippen LogP contribution in [-0.4, -0.2) is 18.5 Å². The van der Waals surface area contributed by atoms with E-state index < -0.39 is 11.6 Å². The van der Waals surface area contributed by atoms with Gasteiger partial charge >= 0.3 is 0 Å². The van der Waals surface area contributed by atoms with Gasteiger partial charge in [0.05, 0.1) is 12.7 Å². The van der Waals surface area contributed by atoms with Crippen LogP contribution in [0.25, 0.3) is 0 Å². The highest BCUT2D eigenvalue weighted by molar-refractivity contribution is 5.79. The summed E-state index contributed by atoms with van der Waals surface area (Å²) in [6.07, 6.45) is 0.381. The van der Waals surface area contributed by atoms with Crippen LogP contribution >= 0.6 is 0 Å². The van der Waals surface area contributed by atoms with E-state index in [1.54, 1.807) is 31.4 Å². The number of aromatic hydroxyl groups is 1. The fourth-order valence-electron chi connectivity index (χ4n) is 1.65. The molecule has 5 heteroatoms. The third-order valence-electron chi connectivity index (χ3n) is 2.79. The van der Waals surface area contributed by atoms with Gasteiger partial charge in [0.25, 0.3) is 0 Å². The number of carbonyl (C=O) groups is 1. The van der Waals surface area contributed by atoms with Gasteiger partial charge in [-0.2, -0.15) is 4.39 Å². The number of phenolic OH excluding ortho intramolecular Hbond substituents is 1. The number of hydrogen-bond acceptors (Lipinski definition) is 4. The van der Waals surface area contributed by atoms with E-state index in [-0.39, 0.29) is 17.9 Å². The average Bonchev–Trinajstić information content (AvgIpc) is 2.49. The molecule has 104 valence electrons. The van der Waals surface area contributed by atoms with Crippen LogP contribution < -0.4 is 9.47 Å². The molecule has 0 fully saturated rings. The first-order valence-electron chi connectivity index (χ1n) is 5.88. The molecule has 0 aliphatic rings. The van der Waals surface area contributed by atoms with Crippen molar-refractivity contribution in [1.29, 1.82) is 0 Å². The van der Waals surface area contributed by atoms with Gasteiger partial charge in [0, 0.05) is 0 Å². The molecule has 0 saturated carbocycles. The first kappa shape index (κ1) is 13.9. The van der Waals surface area contributed by atoms with Crippen molar-refractivity contribution in [1.82, 2.24) is 0 Å². The standard InChI is InChI=1S/C15H13FO4/c1-19-12-5-2-10(3-6-12)9-20-13-7-4-11(8-17)15(18)14(13)16/h2-8,18H,9H2,1H3. The molecule has 0 aliphatic carbocycles. The minimum atomic E-state index is -0.942. The van der Waals surface area contributed by atoms with E-state index in [1.165, 1.54) is 12.1 Å². The van der Waals surface area contributed by atoms with Crippen molar-refractivity contribution < 1.29 is 23.8 Å². The normalized spacial score (nSPS) is 10.1. The van der Waals surface area contributed by atoms with Crippen LogP contribution in [0.5, 0.6) is 17.2 Å². The summed E-state index contributed by atoms with van der Waals surface area (Å²) < 4.78 is 24.0. The van der Waals surface area contributed by atoms with E-state index in [0.29, 0.717) is 12.0 Å². The molecule has 0 heterocycles. The molecule has 1 N–H and O–H groups in total. The van der Waals surface area contributed by atoms with Gasteiger partial charge in [-0.05, 0) is 29.8 Å². The van der Waals surface area contributed by atoms with Crippen LogP contribution in [0.3, 0.4) is 0 Å². The quantitative estimate of drug-likeness (QED) is 0.853. The zero-order valence-electron chi connectivity index (χ0n) is 10.8. The van der Waals surface area contributed by atoms with Crippen molar-refractivity contribution >= 4 is 6.29 Å². The highest BCUT2D eigenvalue weighted by atomic mass is 19.1. The largest absolute Gasteiger partial charge is 0.504 e. The Morgan fingerprint density at radius 2 is 1.90 bits per heavy atom. The molecule has 0 atom stereocenters. The Labute approximate surface area is 115 Å². The van der Waals surface area contributed by atoms with Gasteiger partial charge in [0.15, 0.2) is 17.8 Å². The number of methoxy groups -OCH3 is 1. The molecule has 0 saturated heterocycles. The van der Waals surface area contributed by atoms with E-state index in [0.717, 1.165) is 5.56 Å². The molecule has 0 aromatic heterocycles. The lowest BCUT2D eigenvalue weighted by molar-refractivity contribution is 0.112. The molecule has 0 spiro atoms. The summed E-state index contributed by atoms with van der Waals surface area (Å²) in [7, 11) is 1.57. The Morgan fingerprint density at radius 1 is 1.20 bits per heavy atom. The maximum absolute atomic E-state index is 13.7. The van der Waals surface area contributed by atoms with Crippen LogP contribution in [0.1, 0.15) is 15.9 Å². The van der Waals surface area contributed by atoms with E-state index in [2.05, 4.69) is 0 Å². The van der Waals surface area contributed by atoms with Gasteiger partial charge in [0.1, 0.15) is 12.4 Å². The number of carbonyl (C=O) groups excluding carboxylic acids is 1. The lowest BCUT2D eigenvalue weighted by atomic mass is 10.2. The lowest BCUT2D eigenvalue weighted by Gasteiger charge is -2.09. The summed E-state index contributed by atoms with van der Waals surface area (Å²) in [5, 5.41) is 9.44. The van der Waals surface area contributed by atoms with Gasteiger partial charge in [-0.1, -0.05) is 12.1 Å². The van der Waals surface area contributed by atoms with Crippen LogP contribution in [0.15, 0.2) is 36.4 Å². The molecule has 2 rings (SSSR count). The van der Waals surface area contributed by atoms with Gasteiger partial charge in [-0.3, -0.25) is 4.79 Å². The number of hydrogen-bond donors (Lipinski definition) is 1. The first-order chi connectivity index (χ1) is 9.65. The van der Waals surface area contributed by atoms with Crippen molar-refractivity contribution in [3.63, 3.8) is 0 Å². The predicted octanol–water partition coefficient (Wildman–Crippen LogP) is 2.93. The minimum Gasteiger partial charge on any atom is -0.504 e. The second kappa shape index (κ2) is 6.06. The van der Waals surface area contributed by atoms with Crippen molar-refractivity contribution in [3.8, 4) is 17.2 Å². The van der Waals surface area contributed by atoms with Gasteiger partial charge in [-0.15, -0.1) is 0 Å². The van der Waals surface area contributed by atoms with E-state index in [1.807, 2.05) is 0 Å². The lowest BCUT2D eigenvalue weighted by Crippen LogP contribution is -1.98. The molecule has 0 unspecified atom stereocenters. The summed E-state index contributed by atoms with van der Waals surface area (Å²) in [4.78, 5) is 10.6. The van der Waals surface area contributed by atoms with Crippen molar-refractivity contribution in [2.75, 3.05) is 7.11 Å². The number of rotatable bonds is 5. The highest BCUT2D eigenvalue weighted by Crippen LogP contribution is 2.29. The number of halogens is 1. The van der Waals surface area contributed by atoms with Crippen molar-refractivity contribution in [2.24, 2.45) is 0 Å². The van der Waals surface area contributed by atoms with Gasteiger partial charge < -0.3 is 14.6 Å². The van der Waals surface area contributed by atoms with Crippen LogP contribution in [0.2, 0.25) is 0 Å². The number of benzene rings is 2. The van der Waals surface area contributed by atoms with Crippen LogP contribution in [0, 0.1) is 5.82 Å². The van der Waals surface area contributed by atoms with Crippen LogP contribution in [0.4, 0.5) is 4.39 Å². The molecule has 0 aliphatic heterocycles. The zero-order chi connectivity index (χ0) is 14.5. The summed E-state index contributed by atoms with van der Waals surface area (Å²) in [5.74, 6) is -1.04. The van der Waals surface area contributed by atoms with Gasteiger partial charge in [-0.25, -0.2) is 0 Å². The summed E-state index contributed by atoms with van der Waals surface area (Å²) in [5.41, 5.74) is 0.712. The molecular weight excluding hydrogens is 263 g/mol. The molecule has 0 amide bonds. The van der Waals surface area contributed by atoms with Gasteiger partial charge in [0.2, 0.25) is 5.82 Å². The first-order valence-corrected chi connectivity index (χ1v) is 5.88. The Morgan fingerprint density at radius 3 is 2.50 bits per heavy atom. The SMILES string of the molecule is COc1ccc(COc2ccc(C=O)c(O)c2F)cc1. The Bertz CT molecular complexity index is 608.